The smallest absolute Gasteiger partial charge is 0.214 e. The van der Waals surface area contributed by atoms with Crippen molar-refractivity contribution in [2.24, 2.45) is 0 Å². The van der Waals surface area contributed by atoms with Gasteiger partial charge in [0.15, 0.2) is 0 Å². The van der Waals surface area contributed by atoms with Crippen molar-refractivity contribution in [2.75, 3.05) is 12.4 Å². The van der Waals surface area contributed by atoms with E-state index < -0.39 is 0 Å². The van der Waals surface area contributed by atoms with Gasteiger partial charge in [-0.05, 0) is 23.9 Å². The molecule has 0 fully saturated rings. The van der Waals surface area contributed by atoms with Crippen LogP contribution in [-0.4, -0.2) is 12.1 Å². The number of anilines is 1. The Labute approximate surface area is 112 Å². The first kappa shape index (κ1) is 12.9. The lowest BCUT2D eigenvalue weighted by molar-refractivity contribution is 0.398. The van der Waals surface area contributed by atoms with Crippen molar-refractivity contribution in [1.82, 2.24) is 4.98 Å². The standard InChI is InChI=1S/C14H18N2OS/c1-3-5-12(13-6-4-9-18-13)16-11-7-8-15-14(10-11)17-2/h4,6-10,12H,3,5H2,1-2H3,(H,15,16). The van der Waals surface area contributed by atoms with Crippen LogP contribution in [-0.2, 0) is 0 Å². The van der Waals surface area contributed by atoms with Gasteiger partial charge in [0.25, 0.3) is 0 Å². The van der Waals surface area contributed by atoms with Gasteiger partial charge in [0.2, 0.25) is 5.88 Å². The molecule has 96 valence electrons. The topological polar surface area (TPSA) is 34.2 Å². The molecule has 18 heavy (non-hydrogen) atoms. The van der Waals surface area contributed by atoms with Crippen molar-refractivity contribution in [3.05, 3.63) is 40.7 Å². The summed E-state index contributed by atoms with van der Waals surface area (Å²) in [6.07, 6.45) is 4.03. The number of hydrogen-bond donors (Lipinski definition) is 1. The Morgan fingerprint density at radius 3 is 3.00 bits per heavy atom. The lowest BCUT2D eigenvalue weighted by Gasteiger charge is -2.18. The summed E-state index contributed by atoms with van der Waals surface area (Å²) >= 11 is 1.79. The Morgan fingerprint density at radius 2 is 2.33 bits per heavy atom. The van der Waals surface area contributed by atoms with Crippen LogP contribution in [0.25, 0.3) is 0 Å². The van der Waals surface area contributed by atoms with Crippen molar-refractivity contribution < 1.29 is 4.74 Å². The average molecular weight is 262 g/mol. The first-order valence-electron chi connectivity index (χ1n) is 6.13. The van der Waals surface area contributed by atoms with Gasteiger partial charge in [0.05, 0.1) is 13.2 Å². The van der Waals surface area contributed by atoms with Gasteiger partial charge in [-0.3, -0.25) is 0 Å². The number of pyridine rings is 1. The quantitative estimate of drug-likeness (QED) is 0.851. The van der Waals surface area contributed by atoms with Gasteiger partial charge in [-0.2, -0.15) is 0 Å². The number of methoxy groups -OCH3 is 1. The molecule has 0 spiro atoms. The maximum Gasteiger partial charge on any atom is 0.214 e. The molecule has 2 aromatic rings. The highest BCUT2D eigenvalue weighted by atomic mass is 32.1. The minimum Gasteiger partial charge on any atom is -0.481 e. The third-order valence-electron chi connectivity index (χ3n) is 2.75. The molecule has 0 amide bonds. The van der Waals surface area contributed by atoms with Gasteiger partial charge in [-0.15, -0.1) is 11.3 Å². The van der Waals surface area contributed by atoms with E-state index in [1.165, 1.54) is 4.88 Å². The molecular formula is C14H18N2OS. The molecule has 2 aromatic heterocycles. The lowest BCUT2D eigenvalue weighted by Crippen LogP contribution is -2.09. The molecule has 0 aromatic carbocycles. The first-order valence-corrected chi connectivity index (χ1v) is 7.01. The predicted octanol–water partition coefficient (Wildman–Crippen LogP) is 4.11. The Hall–Kier alpha value is -1.55. The normalized spacial score (nSPS) is 12.1. The number of nitrogens with one attached hydrogen (secondary N) is 1. The largest absolute Gasteiger partial charge is 0.481 e. The summed E-state index contributed by atoms with van der Waals surface area (Å²) in [4.78, 5) is 5.48. The molecule has 1 unspecified atom stereocenters. The van der Waals surface area contributed by atoms with Crippen LogP contribution in [0.5, 0.6) is 5.88 Å². The van der Waals surface area contributed by atoms with Crippen LogP contribution in [0.3, 0.4) is 0 Å². The molecule has 0 bridgehead atoms. The lowest BCUT2D eigenvalue weighted by atomic mass is 10.1. The third kappa shape index (κ3) is 3.23. The number of aromatic nitrogens is 1. The van der Waals surface area contributed by atoms with Crippen LogP contribution < -0.4 is 10.1 Å². The van der Waals surface area contributed by atoms with Gasteiger partial charge in [0, 0.05) is 22.8 Å². The zero-order valence-electron chi connectivity index (χ0n) is 10.7. The molecule has 1 N–H and O–H groups in total. The predicted molar refractivity (Wildman–Crippen MR) is 76.4 cm³/mol. The zero-order valence-corrected chi connectivity index (χ0v) is 11.5. The fourth-order valence-corrected chi connectivity index (χ4v) is 2.69. The van der Waals surface area contributed by atoms with Crippen molar-refractivity contribution >= 4 is 17.0 Å². The molecule has 2 heterocycles. The summed E-state index contributed by atoms with van der Waals surface area (Å²) in [5.41, 5.74) is 1.05. The third-order valence-corrected chi connectivity index (χ3v) is 3.73. The van der Waals surface area contributed by atoms with Gasteiger partial charge >= 0.3 is 0 Å². The van der Waals surface area contributed by atoms with Crippen molar-refractivity contribution in [3.8, 4) is 5.88 Å². The second kappa shape index (κ2) is 6.40. The highest BCUT2D eigenvalue weighted by Crippen LogP contribution is 2.28. The SMILES string of the molecule is CCCC(Nc1ccnc(OC)c1)c1cccs1. The molecule has 1 atom stereocenters. The van der Waals surface area contributed by atoms with E-state index in [-0.39, 0.29) is 0 Å². The van der Waals surface area contributed by atoms with Crippen LogP contribution in [0.1, 0.15) is 30.7 Å². The molecule has 0 radical (unpaired) electrons. The van der Waals surface area contributed by atoms with E-state index in [0.717, 1.165) is 18.5 Å². The van der Waals surface area contributed by atoms with Crippen LogP contribution in [0, 0.1) is 0 Å². The molecule has 3 nitrogen and oxygen atoms in total. The fourth-order valence-electron chi connectivity index (χ4n) is 1.88. The molecule has 4 heteroatoms. The van der Waals surface area contributed by atoms with E-state index in [1.807, 2.05) is 12.1 Å². The van der Waals surface area contributed by atoms with Crippen molar-refractivity contribution in [2.45, 2.75) is 25.8 Å². The molecule has 0 aliphatic heterocycles. The second-order valence-electron chi connectivity index (χ2n) is 4.09. The van der Waals surface area contributed by atoms with E-state index in [9.17, 15) is 0 Å². The minimum absolute atomic E-state index is 0.363. The Balaban J connectivity index is 2.13. The highest BCUT2D eigenvalue weighted by Gasteiger charge is 2.11. The minimum atomic E-state index is 0.363. The summed E-state index contributed by atoms with van der Waals surface area (Å²) in [5.74, 6) is 0.640. The Kier molecular flexibility index (Phi) is 4.59. The van der Waals surface area contributed by atoms with E-state index in [0.29, 0.717) is 11.9 Å². The fraction of sp³-hybridized carbons (Fsp3) is 0.357. The number of nitrogens with zero attached hydrogens (tertiary/aromatic N) is 1. The number of ether oxygens (including phenoxy) is 1. The Morgan fingerprint density at radius 1 is 1.44 bits per heavy atom. The molecule has 0 aliphatic rings. The molecule has 0 saturated heterocycles. The number of hydrogen-bond acceptors (Lipinski definition) is 4. The summed E-state index contributed by atoms with van der Waals surface area (Å²) in [5, 5.41) is 5.67. The van der Waals surface area contributed by atoms with Crippen LogP contribution in [0.15, 0.2) is 35.8 Å². The molecule has 0 aliphatic carbocycles. The maximum absolute atomic E-state index is 5.14. The van der Waals surface area contributed by atoms with Gasteiger partial charge in [-0.25, -0.2) is 4.98 Å². The van der Waals surface area contributed by atoms with E-state index in [4.69, 9.17) is 4.74 Å². The van der Waals surface area contributed by atoms with Crippen molar-refractivity contribution in [3.63, 3.8) is 0 Å². The first-order chi connectivity index (χ1) is 8.83. The van der Waals surface area contributed by atoms with E-state index >= 15 is 0 Å². The Bertz CT molecular complexity index is 470. The van der Waals surface area contributed by atoms with Gasteiger partial charge in [-0.1, -0.05) is 19.4 Å². The van der Waals surface area contributed by atoms with Gasteiger partial charge < -0.3 is 10.1 Å². The van der Waals surface area contributed by atoms with Crippen LogP contribution in [0.2, 0.25) is 0 Å². The maximum atomic E-state index is 5.14. The summed E-state index contributed by atoms with van der Waals surface area (Å²) in [7, 11) is 1.63. The summed E-state index contributed by atoms with van der Waals surface area (Å²) in [6.45, 7) is 2.20. The number of thiophene rings is 1. The second-order valence-corrected chi connectivity index (χ2v) is 5.07. The average Bonchev–Trinajstić information content (AvgIpc) is 2.92. The molecule has 2 rings (SSSR count). The van der Waals surface area contributed by atoms with E-state index in [1.54, 1.807) is 24.6 Å². The monoisotopic (exact) mass is 262 g/mol. The highest BCUT2D eigenvalue weighted by molar-refractivity contribution is 7.10. The number of rotatable bonds is 6. The molecular weight excluding hydrogens is 244 g/mol. The van der Waals surface area contributed by atoms with Crippen molar-refractivity contribution in [1.29, 1.82) is 0 Å². The van der Waals surface area contributed by atoms with Crippen LogP contribution in [0.4, 0.5) is 5.69 Å². The summed E-state index contributed by atoms with van der Waals surface area (Å²) < 4.78 is 5.14. The summed E-state index contributed by atoms with van der Waals surface area (Å²) in [6, 6.07) is 8.53. The molecule has 0 saturated carbocycles. The van der Waals surface area contributed by atoms with Crippen LogP contribution >= 0.6 is 11.3 Å². The zero-order chi connectivity index (χ0) is 12.8. The van der Waals surface area contributed by atoms with Gasteiger partial charge in [0.1, 0.15) is 0 Å². The van der Waals surface area contributed by atoms with E-state index in [2.05, 4.69) is 34.7 Å².